The van der Waals surface area contributed by atoms with Gasteiger partial charge in [0, 0.05) is 25.6 Å². The summed E-state index contributed by atoms with van der Waals surface area (Å²) in [6.07, 6.45) is 1.35. The monoisotopic (exact) mass is 270 g/mol. The van der Waals surface area contributed by atoms with E-state index in [1.807, 2.05) is 6.92 Å². The highest BCUT2D eigenvalue weighted by atomic mass is 32.3. The standard InChI is InChI=1S/C9H22N2O5S/c1-3-8(2)10-5-4-9(12)11-6-7-16-17(13,14)15/h8,10,13-15H,3-7H2,1-2H3,(H,11,12). The Morgan fingerprint density at radius 3 is 2.53 bits per heavy atom. The molecule has 104 valence electrons. The molecule has 0 aromatic carbocycles. The van der Waals surface area contributed by atoms with E-state index in [4.69, 9.17) is 13.7 Å². The van der Waals surface area contributed by atoms with Gasteiger partial charge in [0.15, 0.2) is 0 Å². The molecule has 1 unspecified atom stereocenters. The second-order valence-corrected chi connectivity index (χ2v) is 4.83. The number of hydrogen-bond acceptors (Lipinski definition) is 6. The Hall–Kier alpha value is -0.380. The highest BCUT2D eigenvalue weighted by Crippen LogP contribution is 2.32. The molecule has 0 radical (unpaired) electrons. The summed E-state index contributed by atoms with van der Waals surface area (Å²) in [5, 5.41) is 5.69. The SMILES string of the molecule is CCC(C)NCCC(=O)NCCOS(O)(O)O. The molecule has 0 bridgehead atoms. The third-order valence-electron chi connectivity index (χ3n) is 2.12. The molecule has 0 aromatic rings. The van der Waals surface area contributed by atoms with Crippen LogP contribution in [0, 0.1) is 0 Å². The van der Waals surface area contributed by atoms with Crippen LogP contribution in [0.1, 0.15) is 26.7 Å². The first-order valence-corrected chi connectivity index (χ1v) is 6.93. The molecule has 0 aliphatic heterocycles. The lowest BCUT2D eigenvalue weighted by atomic mass is 10.2. The van der Waals surface area contributed by atoms with Crippen LogP contribution in [0.25, 0.3) is 0 Å². The van der Waals surface area contributed by atoms with E-state index in [9.17, 15) is 4.79 Å². The first kappa shape index (κ1) is 16.6. The van der Waals surface area contributed by atoms with Crippen molar-refractivity contribution in [1.29, 1.82) is 0 Å². The number of carbonyl (C=O) groups is 1. The zero-order valence-corrected chi connectivity index (χ0v) is 11.0. The Morgan fingerprint density at radius 1 is 1.35 bits per heavy atom. The summed E-state index contributed by atoms with van der Waals surface area (Å²) in [7, 11) is 0. The van der Waals surface area contributed by atoms with Gasteiger partial charge in [0.1, 0.15) is 0 Å². The summed E-state index contributed by atoms with van der Waals surface area (Å²) in [6, 6.07) is 0.383. The van der Waals surface area contributed by atoms with Crippen molar-refractivity contribution in [3.63, 3.8) is 0 Å². The molecular formula is C9H22N2O5S. The summed E-state index contributed by atoms with van der Waals surface area (Å²) in [6.45, 7) is 4.67. The van der Waals surface area contributed by atoms with Gasteiger partial charge in [0.25, 0.3) is 0 Å². The molecule has 5 N–H and O–H groups in total. The molecule has 0 heterocycles. The molecule has 0 aliphatic rings. The van der Waals surface area contributed by atoms with E-state index >= 15 is 0 Å². The lowest BCUT2D eigenvalue weighted by Gasteiger charge is -2.18. The zero-order valence-electron chi connectivity index (χ0n) is 10.2. The molecule has 17 heavy (non-hydrogen) atoms. The van der Waals surface area contributed by atoms with Crippen molar-refractivity contribution in [2.24, 2.45) is 0 Å². The van der Waals surface area contributed by atoms with Crippen LogP contribution in [0.15, 0.2) is 0 Å². The van der Waals surface area contributed by atoms with Crippen molar-refractivity contribution in [3.8, 4) is 0 Å². The summed E-state index contributed by atoms with van der Waals surface area (Å²) in [4.78, 5) is 11.3. The molecule has 0 aromatic heterocycles. The smallest absolute Gasteiger partial charge is 0.221 e. The van der Waals surface area contributed by atoms with Gasteiger partial charge in [-0.25, -0.2) is 0 Å². The highest BCUT2D eigenvalue weighted by Gasteiger charge is 2.11. The molecule has 0 aliphatic carbocycles. The molecule has 1 amide bonds. The van der Waals surface area contributed by atoms with Crippen molar-refractivity contribution in [1.82, 2.24) is 10.6 Å². The number of hydrogen-bond donors (Lipinski definition) is 5. The molecule has 1 atom stereocenters. The average Bonchev–Trinajstić information content (AvgIpc) is 2.23. The Kier molecular flexibility index (Phi) is 8.48. The van der Waals surface area contributed by atoms with Crippen LogP contribution >= 0.6 is 11.2 Å². The van der Waals surface area contributed by atoms with Gasteiger partial charge >= 0.3 is 0 Å². The quantitative estimate of drug-likeness (QED) is 0.400. The number of amides is 1. The summed E-state index contributed by atoms with van der Waals surface area (Å²) < 4.78 is 29.6. The van der Waals surface area contributed by atoms with Gasteiger partial charge in [-0.05, 0) is 13.3 Å². The van der Waals surface area contributed by atoms with Gasteiger partial charge in [-0.2, -0.15) is 0 Å². The molecule has 0 fully saturated rings. The van der Waals surface area contributed by atoms with Crippen molar-refractivity contribution in [2.75, 3.05) is 19.7 Å². The molecule has 8 heteroatoms. The minimum absolute atomic E-state index is 0.124. The Bertz CT molecular complexity index is 222. The maximum absolute atomic E-state index is 11.3. The van der Waals surface area contributed by atoms with Gasteiger partial charge in [-0.3, -0.25) is 22.6 Å². The van der Waals surface area contributed by atoms with Crippen molar-refractivity contribution in [3.05, 3.63) is 0 Å². The fourth-order valence-corrected chi connectivity index (χ4v) is 1.32. The van der Waals surface area contributed by atoms with Crippen molar-refractivity contribution in [2.45, 2.75) is 32.7 Å². The number of nitrogens with one attached hydrogen (secondary N) is 2. The number of rotatable bonds is 9. The van der Waals surface area contributed by atoms with E-state index in [1.165, 1.54) is 0 Å². The molecule has 7 nitrogen and oxygen atoms in total. The van der Waals surface area contributed by atoms with Crippen molar-refractivity contribution < 1.29 is 22.6 Å². The van der Waals surface area contributed by atoms with Crippen LogP contribution in [0.4, 0.5) is 0 Å². The average molecular weight is 270 g/mol. The first-order valence-electron chi connectivity index (χ1n) is 5.50. The Morgan fingerprint density at radius 2 is 2.00 bits per heavy atom. The van der Waals surface area contributed by atoms with E-state index in [1.54, 1.807) is 0 Å². The third kappa shape index (κ3) is 11.9. The summed E-state index contributed by atoms with van der Waals surface area (Å²) >= 11 is -3.92. The lowest BCUT2D eigenvalue weighted by molar-refractivity contribution is -0.121. The van der Waals surface area contributed by atoms with Gasteiger partial charge in [0.2, 0.25) is 17.1 Å². The largest absolute Gasteiger partial charge is 0.354 e. The number of carbonyl (C=O) groups excluding carboxylic acids is 1. The predicted molar refractivity (Wildman–Crippen MR) is 66.8 cm³/mol. The van der Waals surface area contributed by atoms with Crippen LogP contribution in [0.2, 0.25) is 0 Å². The van der Waals surface area contributed by atoms with Crippen LogP contribution in [0.3, 0.4) is 0 Å². The second-order valence-electron chi connectivity index (χ2n) is 3.65. The fraction of sp³-hybridized carbons (Fsp3) is 0.889. The van der Waals surface area contributed by atoms with E-state index in [0.717, 1.165) is 6.42 Å². The minimum atomic E-state index is -3.92. The maximum atomic E-state index is 11.3. The van der Waals surface area contributed by atoms with E-state index in [-0.39, 0.29) is 19.1 Å². The summed E-state index contributed by atoms with van der Waals surface area (Å²) in [5.41, 5.74) is 0. The maximum Gasteiger partial charge on any atom is 0.221 e. The molecule has 0 saturated carbocycles. The Balaban J connectivity index is 3.41. The van der Waals surface area contributed by atoms with E-state index in [0.29, 0.717) is 19.0 Å². The second kappa shape index (κ2) is 8.67. The molecule has 0 rings (SSSR count). The van der Waals surface area contributed by atoms with Crippen molar-refractivity contribution >= 4 is 17.1 Å². The van der Waals surface area contributed by atoms with E-state index < -0.39 is 11.2 Å². The van der Waals surface area contributed by atoms with Gasteiger partial charge in [-0.15, -0.1) is 0 Å². The van der Waals surface area contributed by atoms with Gasteiger partial charge < -0.3 is 10.6 Å². The van der Waals surface area contributed by atoms with Gasteiger partial charge in [-0.1, -0.05) is 6.92 Å². The highest BCUT2D eigenvalue weighted by molar-refractivity contribution is 8.15. The van der Waals surface area contributed by atoms with Crippen LogP contribution in [-0.2, 0) is 8.98 Å². The normalized spacial score (nSPS) is 14.4. The van der Waals surface area contributed by atoms with Crippen LogP contribution in [0.5, 0.6) is 0 Å². The summed E-state index contributed by atoms with van der Waals surface area (Å²) in [5.74, 6) is -0.154. The van der Waals surface area contributed by atoms with E-state index in [2.05, 4.69) is 21.7 Å². The van der Waals surface area contributed by atoms with Gasteiger partial charge in [0.05, 0.1) is 6.61 Å². The topological polar surface area (TPSA) is 111 Å². The molecular weight excluding hydrogens is 248 g/mol. The molecule has 0 spiro atoms. The van der Waals surface area contributed by atoms with Crippen LogP contribution < -0.4 is 10.6 Å². The Labute approximate surface area is 103 Å². The third-order valence-corrected chi connectivity index (χ3v) is 2.61. The zero-order chi connectivity index (χ0) is 13.3. The first-order chi connectivity index (χ1) is 7.85. The molecule has 0 saturated heterocycles. The predicted octanol–water partition coefficient (Wildman–Crippen LogP) is 1.04. The fourth-order valence-electron chi connectivity index (χ4n) is 1.01. The lowest BCUT2D eigenvalue weighted by Crippen LogP contribution is -2.33. The minimum Gasteiger partial charge on any atom is -0.354 e. The van der Waals surface area contributed by atoms with Crippen LogP contribution in [-0.4, -0.2) is 45.3 Å².